The van der Waals surface area contributed by atoms with Crippen molar-refractivity contribution in [2.75, 3.05) is 11.4 Å². The van der Waals surface area contributed by atoms with E-state index in [4.69, 9.17) is 0 Å². The van der Waals surface area contributed by atoms with Crippen LogP contribution in [0.3, 0.4) is 0 Å². The fourth-order valence-electron chi connectivity index (χ4n) is 4.01. The van der Waals surface area contributed by atoms with Gasteiger partial charge in [-0.1, -0.05) is 44.2 Å². The van der Waals surface area contributed by atoms with Gasteiger partial charge in [0.05, 0.1) is 0 Å². The molecule has 0 radical (unpaired) electrons. The topological polar surface area (TPSA) is 45.2 Å². The van der Waals surface area contributed by atoms with Crippen molar-refractivity contribution in [2.24, 2.45) is 0 Å². The van der Waals surface area contributed by atoms with Gasteiger partial charge in [0, 0.05) is 36.5 Å². The Labute approximate surface area is 142 Å². The number of carbonyl (C=O) groups is 1. The number of pyridine rings is 1. The predicted octanol–water partition coefficient (Wildman–Crippen LogP) is 3.11. The maximum atomic E-state index is 12.3. The standard InChI is InChI=1S/C20H21N3O/c1-19(2)16-7-3-4-8-17(16)23-13-10-18(24)22-20(19,23)11-9-15-6-5-12-21-14-15/h3-9,11-12,14H,10,13H2,1-2H3,(H,22,24)/b11-9-/t20-/m1/s1. The molecule has 2 aromatic rings. The Morgan fingerprint density at radius 1 is 1.21 bits per heavy atom. The first-order valence-electron chi connectivity index (χ1n) is 8.32. The lowest BCUT2D eigenvalue weighted by atomic mass is 9.74. The maximum absolute atomic E-state index is 12.3. The molecule has 1 fully saturated rings. The van der Waals surface area contributed by atoms with Gasteiger partial charge in [-0.05, 0) is 29.3 Å². The number of para-hydroxylation sites is 1. The fraction of sp³-hybridized carbons (Fsp3) is 0.300. The molecule has 1 aromatic carbocycles. The monoisotopic (exact) mass is 319 g/mol. The van der Waals surface area contributed by atoms with Crippen LogP contribution < -0.4 is 10.2 Å². The Morgan fingerprint density at radius 3 is 2.83 bits per heavy atom. The Hall–Kier alpha value is -2.62. The van der Waals surface area contributed by atoms with E-state index in [0.29, 0.717) is 6.42 Å². The molecule has 3 heterocycles. The van der Waals surface area contributed by atoms with Gasteiger partial charge >= 0.3 is 0 Å². The number of hydrogen-bond donors (Lipinski definition) is 1. The third kappa shape index (κ3) is 1.99. The molecular weight excluding hydrogens is 298 g/mol. The SMILES string of the molecule is CC1(C)c2ccccc2N2CCC(=O)N[C@]21/C=C\c1cccnc1. The third-order valence-corrected chi connectivity index (χ3v) is 5.34. The molecule has 122 valence electrons. The van der Waals surface area contributed by atoms with Crippen molar-refractivity contribution in [3.05, 3.63) is 66.0 Å². The van der Waals surface area contributed by atoms with Crippen molar-refractivity contribution in [3.8, 4) is 0 Å². The molecule has 1 saturated heterocycles. The van der Waals surface area contributed by atoms with Crippen LogP contribution in [-0.2, 0) is 10.2 Å². The average molecular weight is 319 g/mol. The predicted molar refractivity (Wildman–Crippen MR) is 95.6 cm³/mol. The molecule has 0 aliphatic carbocycles. The maximum Gasteiger partial charge on any atom is 0.223 e. The Morgan fingerprint density at radius 2 is 2.04 bits per heavy atom. The normalized spacial score (nSPS) is 24.6. The molecular formula is C20H21N3O. The van der Waals surface area contributed by atoms with Gasteiger partial charge in [-0.2, -0.15) is 0 Å². The molecule has 1 atom stereocenters. The second-order valence-corrected chi connectivity index (χ2v) is 6.98. The molecule has 1 N–H and O–H groups in total. The number of fused-ring (bicyclic) bond motifs is 3. The highest BCUT2D eigenvalue weighted by atomic mass is 16.2. The van der Waals surface area contributed by atoms with Gasteiger partial charge in [-0.25, -0.2) is 0 Å². The summed E-state index contributed by atoms with van der Waals surface area (Å²) in [7, 11) is 0. The lowest BCUT2D eigenvalue weighted by Gasteiger charge is -2.49. The first-order chi connectivity index (χ1) is 11.5. The second kappa shape index (κ2) is 5.20. The molecule has 1 aromatic heterocycles. The summed E-state index contributed by atoms with van der Waals surface area (Å²) >= 11 is 0. The van der Waals surface area contributed by atoms with Gasteiger partial charge in [0.1, 0.15) is 5.66 Å². The Kier molecular flexibility index (Phi) is 3.23. The van der Waals surface area contributed by atoms with Gasteiger partial charge < -0.3 is 10.2 Å². The summed E-state index contributed by atoms with van der Waals surface area (Å²) in [5, 5.41) is 3.28. The Balaban J connectivity index is 1.86. The second-order valence-electron chi connectivity index (χ2n) is 6.98. The highest BCUT2D eigenvalue weighted by Gasteiger charge is 2.57. The molecule has 2 aliphatic heterocycles. The van der Waals surface area contributed by atoms with Crippen molar-refractivity contribution >= 4 is 17.7 Å². The van der Waals surface area contributed by atoms with E-state index in [1.54, 1.807) is 6.20 Å². The van der Waals surface area contributed by atoms with Crippen LogP contribution in [0, 0.1) is 0 Å². The number of nitrogens with one attached hydrogen (secondary N) is 1. The van der Waals surface area contributed by atoms with Crippen molar-refractivity contribution in [2.45, 2.75) is 31.3 Å². The van der Waals surface area contributed by atoms with Crippen LogP contribution in [0.15, 0.2) is 54.9 Å². The summed E-state index contributed by atoms with van der Waals surface area (Å²) < 4.78 is 0. The number of anilines is 1. The molecule has 4 rings (SSSR count). The zero-order valence-corrected chi connectivity index (χ0v) is 14.0. The van der Waals surface area contributed by atoms with Crippen molar-refractivity contribution in [1.29, 1.82) is 0 Å². The summed E-state index contributed by atoms with van der Waals surface area (Å²) in [6, 6.07) is 12.4. The number of hydrogen-bond acceptors (Lipinski definition) is 3. The zero-order chi connectivity index (χ0) is 16.8. The van der Waals surface area contributed by atoms with Crippen LogP contribution in [0.1, 0.15) is 31.4 Å². The summed E-state index contributed by atoms with van der Waals surface area (Å²) in [5.74, 6) is 0.1000. The quantitative estimate of drug-likeness (QED) is 0.925. The zero-order valence-electron chi connectivity index (χ0n) is 14.0. The van der Waals surface area contributed by atoms with E-state index in [-0.39, 0.29) is 11.3 Å². The van der Waals surface area contributed by atoms with Crippen LogP contribution in [0.5, 0.6) is 0 Å². The van der Waals surface area contributed by atoms with Crippen LogP contribution in [0.25, 0.3) is 6.08 Å². The van der Waals surface area contributed by atoms with Crippen molar-refractivity contribution in [3.63, 3.8) is 0 Å². The highest BCUT2D eigenvalue weighted by Crippen LogP contribution is 2.52. The first-order valence-corrected chi connectivity index (χ1v) is 8.32. The molecule has 1 amide bonds. The van der Waals surface area contributed by atoms with Gasteiger partial charge in [0.15, 0.2) is 0 Å². The van der Waals surface area contributed by atoms with Crippen molar-refractivity contribution in [1.82, 2.24) is 10.3 Å². The molecule has 4 nitrogen and oxygen atoms in total. The van der Waals surface area contributed by atoms with Crippen LogP contribution >= 0.6 is 0 Å². The summed E-state index contributed by atoms with van der Waals surface area (Å²) in [6.07, 6.45) is 8.30. The highest BCUT2D eigenvalue weighted by molar-refractivity contribution is 5.84. The molecule has 4 heteroatoms. The van der Waals surface area contributed by atoms with Crippen LogP contribution in [-0.4, -0.2) is 23.1 Å². The van der Waals surface area contributed by atoms with E-state index < -0.39 is 5.66 Å². The third-order valence-electron chi connectivity index (χ3n) is 5.34. The van der Waals surface area contributed by atoms with Crippen molar-refractivity contribution < 1.29 is 4.79 Å². The number of nitrogens with zero attached hydrogens (tertiary/aromatic N) is 2. The smallest absolute Gasteiger partial charge is 0.223 e. The van der Waals surface area contributed by atoms with E-state index in [9.17, 15) is 4.79 Å². The van der Waals surface area contributed by atoms with Gasteiger partial charge in [0.25, 0.3) is 0 Å². The van der Waals surface area contributed by atoms with E-state index in [1.165, 1.54) is 11.3 Å². The number of aromatic nitrogens is 1. The minimum absolute atomic E-state index is 0.1000. The van der Waals surface area contributed by atoms with Gasteiger partial charge in [-0.3, -0.25) is 9.78 Å². The van der Waals surface area contributed by atoms with E-state index in [2.05, 4.69) is 65.5 Å². The number of amides is 1. The summed E-state index contributed by atoms with van der Waals surface area (Å²) in [6.45, 7) is 5.12. The molecule has 0 bridgehead atoms. The lowest BCUT2D eigenvalue weighted by molar-refractivity contribution is -0.124. The molecule has 0 unspecified atom stereocenters. The number of rotatable bonds is 2. The molecule has 0 saturated carbocycles. The van der Waals surface area contributed by atoms with E-state index in [1.807, 2.05) is 18.3 Å². The van der Waals surface area contributed by atoms with Gasteiger partial charge in [-0.15, -0.1) is 0 Å². The van der Waals surface area contributed by atoms with E-state index in [0.717, 1.165) is 12.1 Å². The summed E-state index contributed by atoms with van der Waals surface area (Å²) in [5.41, 5.74) is 2.71. The number of benzene rings is 1. The van der Waals surface area contributed by atoms with E-state index >= 15 is 0 Å². The minimum atomic E-state index is -0.554. The summed E-state index contributed by atoms with van der Waals surface area (Å²) in [4.78, 5) is 18.8. The largest absolute Gasteiger partial charge is 0.344 e. The average Bonchev–Trinajstić information content (AvgIpc) is 2.79. The van der Waals surface area contributed by atoms with Gasteiger partial charge in [0.2, 0.25) is 5.91 Å². The first kappa shape index (κ1) is 14.9. The molecule has 0 spiro atoms. The van der Waals surface area contributed by atoms with Crippen LogP contribution in [0.2, 0.25) is 0 Å². The fourth-order valence-corrected chi connectivity index (χ4v) is 4.01. The van der Waals surface area contributed by atoms with Crippen LogP contribution in [0.4, 0.5) is 5.69 Å². The Bertz CT molecular complexity index is 813. The number of carbonyl (C=O) groups excluding carboxylic acids is 1. The molecule has 2 aliphatic rings. The molecule has 24 heavy (non-hydrogen) atoms. The minimum Gasteiger partial charge on any atom is -0.344 e. The lowest BCUT2D eigenvalue weighted by Crippen LogP contribution is -2.68.